The van der Waals surface area contributed by atoms with Crippen LogP contribution in [0, 0.1) is 29.1 Å². The maximum Gasteiger partial charge on any atom is 0.419 e. The maximum atomic E-state index is 14.6. The Morgan fingerprint density at radius 2 is 1.32 bits per heavy atom. The molecular formula is C30H21F7O. The SMILES string of the molecule is CCCc1ccc(-c2ccc(/C=C/C(F)(F)Oc3ccc(-c4cc(F)c(F)c(F)c4)c(F)c3)c(F)c2)cc1. The van der Waals surface area contributed by atoms with Gasteiger partial charge >= 0.3 is 6.11 Å². The summed E-state index contributed by atoms with van der Waals surface area (Å²) >= 11 is 0. The van der Waals surface area contributed by atoms with Crippen LogP contribution in [0.5, 0.6) is 5.75 Å². The van der Waals surface area contributed by atoms with E-state index in [0.717, 1.165) is 42.2 Å². The smallest absolute Gasteiger partial charge is 0.419 e. The molecule has 0 saturated heterocycles. The lowest BCUT2D eigenvalue weighted by atomic mass is 10.0. The molecule has 0 unspecified atom stereocenters. The van der Waals surface area contributed by atoms with E-state index in [1.807, 2.05) is 24.3 Å². The summed E-state index contributed by atoms with van der Waals surface area (Å²) in [6.07, 6.45) is -0.844. The van der Waals surface area contributed by atoms with Gasteiger partial charge in [0, 0.05) is 23.3 Å². The fraction of sp³-hybridized carbons (Fsp3) is 0.133. The van der Waals surface area contributed by atoms with Crippen LogP contribution in [0.1, 0.15) is 24.5 Å². The van der Waals surface area contributed by atoms with Gasteiger partial charge in [0.15, 0.2) is 17.5 Å². The number of rotatable bonds is 8. The minimum atomic E-state index is -3.94. The summed E-state index contributed by atoms with van der Waals surface area (Å²) in [5, 5.41) is 0. The van der Waals surface area contributed by atoms with Gasteiger partial charge in [-0.25, -0.2) is 22.0 Å². The largest absolute Gasteiger partial charge is 0.429 e. The fourth-order valence-electron chi connectivity index (χ4n) is 3.88. The van der Waals surface area contributed by atoms with Crippen LogP contribution in [-0.4, -0.2) is 6.11 Å². The van der Waals surface area contributed by atoms with E-state index in [-0.39, 0.29) is 16.7 Å². The number of benzene rings is 4. The zero-order valence-electron chi connectivity index (χ0n) is 20.1. The Morgan fingerprint density at radius 3 is 1.92 bits per heavy atom. The summed E-state index contributed by atoms with van der Waals surface area (Å²) in [7, 11) is 0. The lowest BCUT2D eigenvalue weighted by Crippen LogP contribution is -2.21. The number of ether oxygens (including phenoxy) is 1. The summed E-state index contributed by atoms with van der Waals surface area (Å²) in [6.45, 7) is 2.07. The predicted molar refractivity (Wildman–Crippen MR) is 132 cm³/mol. The second-order valence-corrected chi connectivity index (χ2v) is 8.58. The van der Waals surface area contributed by atoms with Crippen molar-refractivity contribution in [3.05, 3.63) is 119 Å². The Labute approximate surface area is 214 Å². The van der Waals surface area contributed by atoms with Gasteiger partial charge in [-0.05, 0) is 65.1 Å². The molecule has 0 aromatic heterocycles. The molecule has 0 aliphatic rings. The quantitative estimate of drug-likeness (QED) is 0.163. The molecule has 4 aromatic carbocycles. The first kappa shape index (κ1) is 27.0. The van der Waals surface area contributed by atoms with Gasteiger partial charge in [-0.3, -0.25) is 0 Å². The highest BCUT2D eigenvalue weighted by molar-refractivity contribution is 5.67. The normalized spacial score (nSPS) is 11.8. The van der Waals surface area contributed by atoms with Gasteiger partial charge < -0.3 is 4.74 Å². The number of hydrogen-bond acceptors (Lipinski definition) is 1. The Balaban J connectivity index is 1.48. The van der Waals surface area contributed by atoms with Crippen molar-refractivity contribution < 1.29 is 35.5 Å². The third-order valence-corrected chi connectivity index (χ3v) is 5.77. The average molecular weight is 530 g/mol. The number of aryl methyl sites for hydroxylation is 1. The molecule has 0 saturated carbocycles. The Bertz CT molecular complexity index is 1450. The third-order valence-electron chi connectivity index (χ3n) is 5.77. The second kappa shape index (κ2) is 11.1. The molecule has 0 bridgehead atoms. The molecular weight excluding hydrogens is 509 g/mol. The van der Waals surface area contributed by atoms with Crippen LogP contribution in [0.2, 0.25) is 0 Å². The first-order valence-electron chi connectivity index (χ1n) is 11.7. The first-order chi connectivity index (χ1) is 18.1. The molecule has 0 radical (unpaired) electrons. The molecule has 4 rings (SSSR count). The third kappa shape index (κ3) is 6.25. The Hall–Kier alpha value is -4.07. The molecule has 8 heteroatoms. The van der Waals surface area contributed by atoms with Gasteiger partial charge in [0.25, 0.3) is 0 Å². The van der Waals surface area contributed by atoms with E-state index in [2.05, 4.69) is 11.7 Å². The molecule has 0 heterocycles. The van der Waals surface area contributed by atoms with Crippen LogP contribution in [0.15, 0.2) is 78.9 Å². The van der Waals surface area contributed by atoms with Crippen LogP contribution >= 0.6 is 0 Å². The highest BCUT2D eigenvalue weighted by Crippen LogP contribution is 2.31. The van der Waals surface area contributed by atoms with Crippen molar-refractivity contribution >= 4 is 6.08 Å². The molecule has 0 atom stereocenters. The van der Waals surface area contributed by atoms with E-state index in [0.29, 0.717) is 29.8 Å². The van der Waals surface area contributed by atoms with Crippen molar-refractivity contribution in [2.75, 3.05) is 0 Å². The number of hydrogen-bond donors (Lipinski definition) is 0. The molecule has 0 amide bonds. The van der Waals surface area contributed by atoms with E-state index in [4.69, 9.17) is 0 Å². The minimum Gasteiger partial charge on any atom is -0.429 e. The standard InChI is InChI=1S/C30H21F7O/c1-2-3-18-4-6-19(7-5-18)21-9-8-20(25(31)14-21)12-13-30(36,37)38-23-10-11-24(26(32)17-23)22-15-27(33)29(35)28(34)16-22/h4-17H,2-3H2,1H3/b13-12+. The monoisotopic (exact) mass is 530 g/mol. The van der Waals surface area contributed by atoms with Crippen LogP contribution in [0.3, 0.4) is 0 Å². The summed E-state index contributed by atoms with van der Waals surface area (Å²) in [4.78, 5) is 0. The van der Waals surface area contributed by atoms with Crippen molar-refractivity contribution in [2.24, 2.45) is 0 Å². The van der Waals surface area contributed by atoms with Gasteiger partial charge in [0.2, 0.25) is 0 Å². The minimum absolute atomic E-state index is 0.110. The molecule has 0 aliphatic carbocycles. The Kier molecular flexibility index (Phi) is 7.90. The molecule has 38 heavy (non-hydrogen) atoms. The van der Waals surface area contributed by atoms with Crippen molar-refractivity contribution in [3.63, 3.8) is 0 Å². The molecule has 196 valence electrons. The summed E-state index contributed by atoms with van der Waals surface area (Å²) in [5.41, 5.74) is 1.74. The zero-order valence-corrected chi connectivity index (χ0v) is 20.1. The van der Waals surface area contributed by atoms with Crippen LogP contribution in [-0.2, 0) is 6.42 Å². The second-order valence-electron chi connectivity index (χ2n) is 8.58. The molecule has 0 fully saturated rings. The highest BCUT2D eigenvalue weighted by atomic mass is 19.3. The average Bonchev–Trinajstić information content (AvgIpc) is 2.87. The lowest BCUT2D eigenvalue weighted by Gasteiger charge is -2.15. The van der Waals surface area contributed by atoms with Crippen molar-refractivity contribution in [1.29, 1.82) is 0 Å². The van der Waals surface area contributed by atoms with Gasteiger partial charge in [0.1, 0.15) is 17.4 Å². The van der Waals surface area contributed by atoms with E-state index in [9.17, 15) is 30.7 Å². The lowest BCUT2D eigenvalue weighted by molar-refractivity contribution is -0.131. The maximum absolute atomic E-state index is 14.6. The zero-order chi connectivity index (χ0) is 27.4. The van der Waals surface area contributed by atoms with Crippen LogP contribution in [0.25, 0.3) is 28.3 Å². The van der Waals surface area contributed by atoms with Gasteiger partial charge in [0.05, 0.1) is 0 Å². The van der Waals surface area contributed by atoms with Gasteiger partial charge in [-0.15, -0.1) is 0 Å². The fourth-order valence-corrected chi connectivity index (χ4v) is 3.88. The molecule has 0 N–H and O–H groups in total. The summed E-state index contributed by atoms with van der Waals surface area (Å²) in [5.74, 6) is -7.21. The van der Waals surface area contributed by atoms with E-state index >= 15 is 0 Å². The van der Waals surface area contributed by atoms with Crippen LogP contribution < -0.4 is 4.74 Å². The molecule has 0 aliphatic heterocycles. The van der Waals surface area contributed by atoms with Crippen molar-refractivity contribution in [2.45, 2.75) is 25.9 Å². The number of halogens is 7. The van der Waals surface area contributed by atoms with E-state index < -0.39 is 40.9 Å². The van der Waals surface area contributed by atoms with E-state index in [1.165, 1.54) is 12.1 Å². The first-order valence-corrected chi connectivity index (χ1v) is 11.7. The highest BCUT2D eigenvalue weighted by Gasteiger charge is 2.28. The van der Waals surface area contributed by atoms with Gasteiger partial charge in [-0.2, -0.15) is 8.78 Å². The summed E-state index contributed by atoms with van der Waals surface area (Å²) < 4.78 is 102. The van der Waals surface area contributed by atoms with Crippen molar-refractivity contribution in [3.8, 4) is 28.0 Å². The topological polar surface area (TPSA) is 9.23 Å². The molecule has 1 nitrogen and oxygen atoms in total. The molecule has 4 aromatic rings. The Morgan fingerprint density at radius 1 is 0.684 bits per heavy atom. The van der Waals surface area contributed by atoms with Crippen LogP contribution in [0.4, 0.5) is 30.7 Å². The van der Waals surface area contributed by atoms with E-state index in [1.54, 1.807) is 6.07 Å². The number of alkyl halides is 2. The predicted octanol–water partition coefficient (Wildman–Crippen LogP) is 9.35. The molecule has 0 spiro atoms. The van der Waals surface area contributed by atoms with Crippen molar-refractivity contribution in [1.82, 2.24) is 0 Å². The van der Waals surface area contributed by atoms with Gasteiger partial charge in [-0.1, -0.05) is 49.7 Å². The summed E-state index contributed by atoms with van der Waals surface area (Å²) in [6, 6.07) is 15.5.